The molecular weight excluding hydrogens is 334 g/mol. The Kier molecular flexibility index (Phi) is 4.73. The van der Waals surface area contributed by atoms with E-state index in [2.05, 4.69) is 0 Å². The molecule has 0 aliphatic carbocycles. The zero-order valence-electron chi connectivity index (χ0n) is 12.7. The number of sulfonamides is 1. The molecule has 1 aliphatic heterocycles. The summed E-state index contributed by atoms with van der Waals surface area (Å²) in [7, 11) is -3.71. The van der Waals surface area contributed by atoms with Gasteiger partial charge in [0.2, 0.25) is 10.0 Å². The molecule has 0 amide bonds. The minimum atomic E-state index is -3.71. The number of ether oxygens (including phenoxy) is 1. The van der Waals surface area contributed by atoms with Crippen LogP contribution in [0.5, 0.6) is 0 Å². The smallest absolute Gasteiger partial charge is 0.245 e. The van der Waals surface area contributed by atoms with E-state index in [9.17, 15) is 8.42 Å². The third kappa shape index (κ3) is 3.58. The van der Waals surface area contributed by atoms with Crippen molar-refractivity contribution >= 4 is 21.6 Å². The van der Waals surface area contributed by atoms with E-state index in [-0.39, 0.29) is 22.1 Å². The molecule has 3 rings (SSSR count). The third-order valence-corrected chi connectivity index (χ3v) is 6.36. The molecule has 0 bridgehead atoms. The molecular formula is C17H18ClNO3S. The highest BCUT2D eigenvalue weighted by Gasteiger charge is 2.36. The molecule has 0 spiro atoms. The molecule has 2 unspecified atom stereocenters. The molecule has 0 N–H and O–H groups in total. The summed E-state index contributed by atoms with van der Waals surface area (Å²) >= 11 is 6.12. The maximum Gasteiger partial charge on any atom is 0.245 e. The molecule has 2 atom stereocenters. The fourth-order valence-electron chi connectivity index (χ4n) is 2.52. The van der Waals surface area contributed by atoms with Crippen molar-refractivity contribution < 1.29 is 13.2 Å². The topological polar surface area (TPSA) is 49.9 Å². The Balaban J connectivity index is 2.00. The van der Waals surface area contributed by atoms with Gasteiger partial charge in [0.1, 0.15) is 4.90 Å². The second-order valence-corrected chi connectivity index (χ2v) is 7.81. The van der Waals surface area contributed by atoms with E-state index >= 15 is 0 Å². The average Bonchev–Trinajstić information content (AvgIpc) is 3.37. The molecule has 2 aromatic rings. The van der Waals surface area contributed by atoms with Crippen molar-refractivity contribution in [3.63, 3.8) is 0 Å². The van der Waals surface area contributed by atoms with Gasteiger partial charge in [0.05, 0.1) is 17.7 Å². The normalized spacial score (nSPS) is 18.8. The zero-order chi connectivity index (χ0) is 16.4. The van der Waals surface area contributed by atoms with Gasteiger partial charge in [-0.15, -0.1) is 0 Å². The second kappa shape index (κ2) is 6.61. The first kappa shape index (κ1) is 16.5. The van der Waals surface area contributed by atoms with Gasteiger partial charge in [-0.25, -0.2) is 8.42 Å². The lowest BCUT2D eigenvalue weighted by atomic mass is 10.1. The molecule has 23 heavy (non-hydrogen) atoms. The van der Waals surface area contributed by atoms with Gasteiger partial charge in [0.25, 0.3) is 0 Å². The van der Waals surface area contributed by atoms with Crippen LogP contribution in [0.15, 0.2) is 59.5 Å². The van der Waals surface area contributed by atoms with Crippen LogP contribution in [-0.4, -0.2) is 32.0 Å². The van der Waals surface area contributed by atoms with E-state index in [1.54, 1.807) is 18.2 Å². The molecule has 1 fully saturated rings. The maximum absolute atomic E-state index is 13.1. The minimum Gasteiger partial charge on any atom is -0.372 e. The van der Waals surface area contributed by atoms with Crippen molar-refractivity contribution in [2.75, 3.05) is 13.2 Å². The van der Waals surface area contributed by atoms with Gasteiger partial charge in [0, 0.05) is 12.6 Å². The first-order chi connectivity index (χ1) is 11.0. The second-order valence-electron chi connectivity index (χ2n) is 5.55. The Hall–Kier alpha value is -1.40. The highest BCUT2D eigenvalue weighted by molar-refractivity contribution is 7.89. The largest absolute Gasteiger partial charge is 0.372 e. The average molecular weight is 352 g/mol. The van der Waals surface area contributed by atoms with E-state index in [0.29, 0.717) is 13.2 Å². The van der Waals surface area contributed by atoms with Gasteiger partial charge in [-0.3, -0.25) is 0 Å². The standard InChI is InChI=1S/C17H18ClNO3S/c1-13(14-7-3-2-4-8-14)19(11-15-12-22-15)23(20,21)17-10-6-5-9-16(17)18/h2-10,13,15H,11-12H2,1H3. The Morgan fingerprint density at radius 1 is 1.17 bits per heavy atom. The van der Waals surface area contributed by atoms with Crippen LogP contribution in [0.4, 0.5) is 0 Å². The molecule has 1 heterocycles. The van der Waals surface area contributed by atoms with Crippen molar-refractivity contribution in [2.24, 2.45) is 0 Å². The number of benzene rings is 2. The van der Waals surface area contributed by atoms with E-state index < -0.39 is 10.0 Å². The lowest BCUT2D eigenvalue weighted by Gasteiger charge is -2.28. The van der Waals surface area contributed by atoms with E-state index in [1.165, 1.54) is 10.4 Å². The third-order valence-electron chi connectivity index (χ3n) is 3.92. The SMILES string of the molecule is CC(c1ccccc1)N(CC1CO1)S(=O)(=O)c1ccccc1Cl. The maximum atomic E-state index is 13.1. The molecule has 0 radical (unpaired) electrons. The fraction of sp³-hybridized carbons (Fsp3) is 0.294. The Labute approximate surface area is 141 Å². The van der Waals surface area contributed by atoms with Gasteiger partial charge < -0.3 is 4.74 Å². The van der Waals surface area contributed by atoms with Crippen LogP contribution >= 0.6 is 11.6 Å². The zero-order valence-corrected chi connectivity index (χ0v) is 14.3. The first-order valence-corrected chi connectivity index (χ1v) is 9.25. The van der Waals surface area contributed by atoms with Crippen LogP contribution in [0.1, 0.15) is 18.5 Å². The Morgan fingerprint density at radius 3 is 2.39 bits per heavy atom. The van der Waals surface area contributed by atoms with E-state index in [4.69, 9.17) is 16.3 Å². The summed E-state index contributed by atoms with van der Waals surface area (Å²) in [6.07, 6.45) is -0.0431. The van der Waals surface area contributed by atoms with Gasteiger partial charge >= 0.3 is 0 Å². The molecule has 0 saturated carbocycles. The number of epoxide rings is 1. The summed E-state index contributed by atoms with van der Waals surface area (Å²) in [5.41, 5.74) is 0.934. The van der Waals surface area contributed by atoms with Crippen LogP contribution in [0.2, 0.25) is 5.02 Å². The van der Waals surface area contributed by atoms with E-state index in [0.717, 1.165) is 5.56 Å². The van der Waals surface area contributed by atoms with Gasteiger partial charge in [-0.1, -0.05) is 54.1 Å². The van der Waals surface area contributed by atoms with Crippen LogP contribution in [0.3, 0.4) is 0 Å². The number of nitrogens with zero attached hydrogens (tertiary/aromatic N) is 1. The summed E-state index contributed by atoms with van der Waals surface area (Å²) in [6.45, 7) is 2.80. The fourth-order valence-corrected chi connectivity index (χ4v) is 4.66. The number of hydrogen-bond donors (Lipinski definition) is 0. The predicted molar refractivity (Wildman–Crippen MR) is 89.9 cm³/mol. The quantitative estimate of drug-likeness (QED) is 0.748. The molecule has 4 nitrogen and oxygen atoms in total. The predicted octanol–water partition coefficient (Wildman–Crippen LogP) is 3.49. The minimum absolute atomic E-state index is 0.0431. The van der Waals surface area contributed by atoms with Crippen LogP contribution in [0.25, 0.3) is 0 Å². The number of rotatable bonds is 6. The summed E-state index contributed by atoms with van der Waals surface area (Å²) in [6, 6.07) is 15.8. The molecule has 6 heteroatoms. The molecule has 122 valence electrons. The van der Waals surface area contributed by atoms with Crippen LogP contribution in [0, 0.1) is 0 Å². The Bertz CT molecular complexity index is 775. The lowest BCUT2D eigenvalue weighted by Crippen LogP contribution is -2.36. The Morgan fingerprint density at radius 2 is 1.78 bits per heavy atom. The molecule has 0 aromatic heterocycles. The van der Waals surface area contributed by atoms with Crippen molar-refractivity contribution in [3.05, 3.63) is 65.2 Å². The highest BCUT2D eigenvalue weighted by Crippen LogP contribution is 2.32. The monoisotopic (exact) mass is 351 g/mol. The van der Waals surface area contributed by atoms with Gasteiger partial charge in [0.15, 0.2) is 0 Å². The van der Waals surface area contributed by atoms with Crippen LogP contribution in [-0.2, 0) is 14.8 Å². The summed E-state index contributed by atoms with van der Waals surface area (Å²) < 4.78 is 33.0. The molecule has 1 saturated heterocycles. The van der Waals surface area contributed by atoms with E-state index in [1.807, 2.05) is 37.3 Å². The molecule has 2 aromatic carbocycles. The first-order valence-electron chi connectivity index (χ1n) is 7.43. The van der Waals surface area contributed by atoms with Crippen molar-refractivity contribution in [3.8, 4) is 0 Å². The van der Waals surface area contributed by atoms with Crippen molar-refractivity contribution in [1.82, 2.24) is 4.31 Å². The molecule has 1 aliphatic rings. The van der Waals surface area contributed by atoms with Gasteiger partial charge in [-0.05, 0) is 24.6 Å². The van der Waals surface area contributed by atoms with Crippen molar-refractivity contribution in [1.29, 1.82) is 0 Å². The summed E-state index contributed by atoms with van der Waals surface area (Å²) in [4.78, 5) is 0.130. The summed E-state index contributed by atoms with van der Waals surface area (Å²) in [5.74, 6) is 0. The number of hydrogen-bond acceptors (Lipinski definition) is 3. The van der Waals surface area contributed by atoms with Crippen LogP contribution < -0.4 is 0 Å². The van der Waals surface area contributed by atoms with Crippen molar-refractivity contribution in [2.45, 2.75) is 24.0 Å². The lowest BCUT2D eigenvalue weighted by molar-refractivity contribution is 0.295. The van der Waals surface area contributed by atoms with Gasteiger partial charge in [-0.2, -0.15) is 4.31 Å². The number of halogens is 1. The highest BCUT2D eigenvalue weighted by atomic mass is 35.5. The summed E-state index contributed by atoms with van der Waals surface area (Å²) in [5, 5.41) is 0.231.